The van der Waals surface area contributed by atoms with E-state index in [2.05, 4.69) is 25.4 Å². The third-order valence-corrected chi connectivity index (χ3v) is 3.68. The van der Waals surface area contributed by atoms with E-state index in [1.54, 1.807) is 23.3 Å². The van der Waals surface area contributed by atoms with Crippen molar-refractivity contribution in [1.82, 2.24) is 24.5 Å². The van der Waals surface area contributed by atoms with Gasteiger partial charge in [0.05, 0.1) is 6.10 Å². The second-order valence-electron chi connectivity index (χ2n) is 5.15. The lowest BCUT2D eigenvalue weighted by molar-refractivity contribution is 0.102. The van der Waals surface area contributed by atoms with Gasteiger partial charge in [0.2, 0.25) is 17.8 Å². The van der Waals surface area contributed by atoms with Gasteiger partial charge in [0.1, 0.15) is 6.33 Å². The highest BCUT2D eigenvalue weighted by Gasteiger charge is 2.26. The SMILES string of the molecule is CC1CCN(c2nc(NN)nc(-n3ccnc3)n2)CC1O. The Morgan fingerprint density at radius 2 is 2.14 bits per heavy atom. The predicted octanol–water partition coefficient (Wildman–Crippen LogP) is -0.450. The Kier molecular flexibility index (Phi) is 3.67. The Labute approximate surface area is 121 Å². The van der Waals surface area contributed by atoms with Crippen molar-refractivity contribution in [3.05, 3.63) is 18.7 Å². The summed E-state index contributed by atoms with van der Waals surface area (Å²) in [7, 11) is 0. The molecule has 2 atom stereocenters. The first-order valence-corrected chi connectivity index (χ1v) is 6.81. The van der Waals surface area contributed by atoms with Crippen LogP contribution in [0.4, 0.5) is 11.9 Å². The standard InChI is InChI=1S/C12H18N8O/c1-8-2-4-19(6-9(8)21)11-15-10(18-13)16-12(17-11)20-5-3-14-7-20/h3,5,7-9,21H,2,4,6,13H2,1H3,(H,15,16,17,18). The van der Waals surface area contributed by atoms with E-state index in [-0.39, 0.29) is 18.0 Å². The summed E-state index contributed by atoms with van der Waals surface area (Å²) < 4.78 is 1.68. The molecule has 1 saturated heterocycles. The average Bonchev–Trinajstić information content (AvgIpc) is 3.04. The van der Waals surface area contributed by atoms with E-state index in [4.69, 9.17) is 5.84 Å². The highest BCUT2D eigenvalue weighted by Crippen LogP contribution is 2.21. The van der Waals surface area contributed by atoms with Crippen molar-refractivity contribution in [2.45, 2.75) is 19.4 Å². The first kappa shape index (κ1) is 13.7. The van der Waals surface area contributed by atoms with E-state index in [9.17, 15) is 5.11 Å². The molecule has 1 fully saturated rings. The van der Waals surface area contributed by atoms with Crippen molar-refractivity contribution in [2.24, 2.45) is 11.8 Å². The zero-order valence-corrected chi connectivity index (χ0v) is 11.7. The van der Waals surface area contributed by atoms with Gasteiger partial charge in [-0.05, 0) is 12.3 Å². The van der Waals surface area contributed by atoms with Crippen LogP contribution in [0.3, 0.4) is 0 Å². The number of rotatable bonds is 3. The van der Waals surface area contributed by atoms with Crippen LogP contribution in [0.25, 0.3) is 5.95 Å². The van der Waals surface area contributed by atoms with Crippen molar-refractivity contribution in [3.63, 3.8) is 0 Å². The summed E-state index contributed by atoms with van der Waals surface area (Å²) in [5, 5.41) is 10.0. The number of aromatic nitrogens is 5. The summed E-state index contributed by atoms with van der Waals surface area (Å²) in [5.41, 5.74) is 2.44. The van der Waals surface area contributed by atoms with Crippen molar-refractivity contribution < 1.29 is 5.11 Å². The van der Waals surface area contributed by atoms with E-state index >= 15 is 0 Å². The normalized spacial score (nSPS) is 22.3. The van der Waals surface area contributed by atoms with Crippen molar-refractivity contribution in [3.8, 4) is 5.95 Å². The van der Waals surface area contributed by atoms with Crippen LogP contribution in [0.1, 0.15) is 13.3 Å². The molecule has 1 aliphatic heterocycles. The van der Waals surface area contributed by atoms with Crippen LogP contribution in [0.5, 0.6) is 0 Å². The number of nitrogens with zero attached hydrogens (tertiary/aromatic N) is 6. The molecule has 0 spiro atoms. The Hall–Kier alpha value is -2.26. The molecule has 3 heterocycles. The maximum atomic E-state index is 10.0. The van der Waals surface area contributed by atoms with Gasteiger partial charge in [0, 0.05) is 25.5 Å². The molecule has 4 N–H and O–H groups in total. The minimum absolute atomic E-state index is 0.275. The van der Waals surface area contributed by atoms with Gasteiger partial charge in [0.25, 0.3) is 0 Å². The fourth-order valence-corrected chi connectivity index (χ4v) is 2.28. The first-order chi connectivity index (χ1) is 10.2. The molecule has 0 aromatic carbocycles. The Morgan fingerprint density at radius 1 is 1.33 bits per heavy atom. The molecule has 2 aromatic rings. The van der Waals surface area contributed by atoms with Gasteiger partial charge in [-0.1, -0.05) is 6.92 Å². The Morgan fingerprint density at radius 3 is 2.81 bits per heavy atom. The van der Waals surface area contributed by atoms with Crippen LogP contribution in [0, 0.1) is 5.92 Å². The minimum atomic E-state index is -0.388. The lowest BCUT2D eigenvalue weighted by atomic mass is 9.96. The summed E-state index contributed by atoms with van der Waals surface area (Å²) in [5.74, 6) is 6.90. The number of anilines is 2. The number of nitrogens with one attached hydrogen (secondary N) is 1. The molecule has 112 valence electrons. The number of hydrogen-bond donors (Lipinski definition) is 3. The lowest BCUT2D eigenvalue weighted by Gasteiger charge is -2.34. The quantitative estimate of drug-likeness (QED) is 0.514. The van der Waals surface area contributed by atoms with E-state index in [0.717, 1.165) is 13.0 Å². The molecule has 0 amide bonds. The van der Waals surface area contributed by atoms with Crippen LogP contribution in [-0.4, -0.2) is 48.8 Å². The largest absolute Gasteiger partial charge is 0.391 e. The molecule has 21 heavy (non-hydrogen) atoms. The van der Waals surface area contributed by atoms with Crippen LogP contribution in [0.2, 0.25) is 0 Å². The topological polar surface area (TPSA) is 118 Å². The Bertz CT molecular complexity index is 601. The molecular formula is C12H18N8O. The third-order valence-electron chi connectivity index (χ3n) is 3.68. The van der Waals surface area contributed by atoms with Crippen molar-refractivity contribution in [2.75, 3.05) is 23.4 Å². The van der Waals surface area contributed by atoms with Gasteiger partial charge >= 0.3 is 0 Å². The van der Waals surface area contributed by atoms with E-state index in [1.165, 1.54) is 0 Å². The second kappa shape index (κ2) is 5.62. The van der Waals surface area contributed by atoms with Gasteiger partial charge in [-0.2, -0.15) is 15.0 Å². The number of hydrogen-bond acceptors (Lipinski definition) is 8. The van der Waals surface area contributed by atoms with Crippen LogP contribution in [-0.2, 0) is 0 Å². The summed E-state index contributed by atoms with van der Waals surface area (Å²) in [6, 6.07) is 0. The van der Waals surface area contributed by atoms with Gasteiger partial charge in [0.15, 0.2) is 0 Å². The fourth-order valence-electron chi connectivity index (χ4n) is 2.28. The van der Waals surface area contributed by atoms with Gasteiger partial charge < -0.3 is 10.0 Å². The molecule has 0 saturated carbocycles. The van der Waals surface area contributed by atoms with Gasteiger partial charge in [-0.25, -0.2) is 10.8 Å². The molecule has 0 bridgehead atoms. The number of β-amino-alcohol motifs (C(OH)–C–C–N with tert-alkyl or cyclic N) is 1. The van der Waals surface area contributed by atoms with Gasteiger partial charge in [-0.15, -0.1) is 0 Å². The second-order valence-corrected chi connectivity index (χ2v) is 5.15. The predicted molar refractivity (Wildman–Crippen MR) is 76.8 cm³/mol. The summed E-state index contributed by atoms with van der Waals surface area (Å²) in [6.45, 7) is 3.33. The molecular weight excluding hydrogens is 272 g/mol. The number of imidazole rings is 1. The van der Waals surface area contributed by atoms with Crippen LogP contribution in [0.15, 0.2) is 18.7 Å². The third kappa shape index (κ3) is 2.78. The highest BCUT2D eigenvalue weighted by molar-refractivity contribution is 5.40. The molecule has 0 radical (unpaired) electrons. The minimum Gasteiger partial charge on any atom is -0.391 e. The molecule has 1 aliphatic rings. The average molecular weight is 290 g/mol. The van der Waals surface area contributed by atoms with E-state index in [1.807, 2.05) is 11.8 Å². The molecule has 9 heteroatoms. The van der Waals surface area contributed by atoms with Crippen LogP contribution < -0.4 is 16.2 Å². The maximum absolute atomic E-state index is 10.0. The number of nitrogens with two attached hydrogens (primary N) is 1. The maximum Gasteiger partial charge on any atom is 0.243 e. The zero-order valence-electron chi connectivity index (χ0n) is 11.7. The number of nitrogen functional groups attached to an aromatic ring is 1. The Balaban J connectivity index is 1.93. The molecule has 0 aliphatic carbocycles. The number of aliphatic hydroxyl groups is 1. The number of hydrazine groups is 1. The van der Waals surface area contributed by atoms with Crippen molar-refractivity contribution >= 4 is 11.9 Å². The molecule has 3 rings (SSSR count). The number of aliphatic hydroxyl groups excluding tert-OH is 1. The van der Waals surface area contributed by atoms with E-state index in [0.29, 0.717) is 18.4 Å². The lowest BCUT2D eigenvalue weighted by Crippen LogP contribution is -2.43. The molecule has 9 nitrogen and oxygen atoms in total. The van der Waals surface area contributed by atoms with Crippen LogP contribution >= 0.6 is 0 Å². The fraction of sp³-hybridized carbons (Fsp3) is 0.500. The zero-order chi connectivity index (χ0) is 14.8. The molecule has 2 aromatic heterocycles. The molecule has 2 unspecified atom stereocenters. The van der Waals surface area contributed by atoms with Crippen molar-refractivity contribution in [1.29, 1.82) is 0 Å². The number of piperidine rings is 1. The highest BCUT2D eigenvalue weighted by atomic mass is 16.3. The summed E-state index contributed by atoms with van der Waals surface area (Å²) in [4.78, 5) is 18.8. The van der Waals surface area contributed by atoms with Gasteiger partial charge in [-0.3, -0.25) is 9.99 Å². The smallest absolute Gasteiger partial charge is 0.243 e. The first-order valence-electron chi connectivity index (χ1n) is 6.81. The summed E-state index contributed by atoms with van der Waals surface area (Å²) in [6.07, 6.45) is 5.49. The summed E-state index contributed by atoms with van der Waals surface area (Å²) >= 11 is 0. The monoisotopic (exact) mass is 290 g/mol. The van der Waals surface area contributed by atoms with E-state index < -0.39 is 0 Å².